The predicted molar refractivity (Wildman–Crippen MR) is 129 cm³/mol. The van der Waals surface area contributed by atoms with Gasteiger partial charge in [0, 0.05) is 36.2 Å². The van der Waals surface area contributed by atoms with Crippen molar-refractivity contribution in [2.24, 2.45) is 0 Å². The smallest absolute Gasteiger partial charge is 0.248 e. The zero-order valence-corrected chi connectivity index (χ0v) is 20.4. The number of halogens is 1. The van der Waals surface area contributed by atoms with E-state index < -0.39 is 10.0 Å². The van der Waals surface area contributed by atoms with Gasteiger partial charge in [-0.1, -0.05) is 35.5 Å². The number of benzene rings is 2. The minimum absolute atomic E-state index is 0.193. The monoisotopic (exact) mass is 481 g/mol. The van der Waals surface area contributed by atoms with Crippen LogP contribution in [0, 0.1) is 26.6 Å². The molecular weight excluding hydrogens is 453 g/mol. The molecule has 1 aliphatic rings. The molecule has 0 unspecified atom stereocenters. The molecule has 34 heavy (non-hydrogen) atoms. The van der Waals surface area contributed by atoms with Gasteiger partial charge in [-0.2, -0.15) is 4.31 Å². The lowest BCUT2D eigenvalue weighted by Crippen LogP contribution is -2.38. The van der Waals surface area contributed by atoms with Gasteiger partial charge in [0.15, 0.2) is 5.76 Å². The third kappa shape index (κ3) is 3.84. The molecule has 2 aromatic carbocycles. The lowest BCUT2D eigenvalue weighted by atomic mass is 9.88. The molecule has 3 heterocycles. The lowest BCUT2D eigenvalue weighted by molar-refractivity contribution is 0.318. The first-order valence-electron chi connectivity index (χ1n) is 11.5. The van der Waals surface area contributed by atoms with Gasteiger partial charge in [0.2, 0.25) is 10.0 Å². The number of hydrogen-bond donors (Lipinski definition) is 0. The van der Waals surface area contributed by atoms with Gasteiger partial charge in [-0.3, -0.25) is 0 Å². The Labute approximate surface area is 199 Å². The molecule has 0 aliphatic carbocycles. The van der Waals surface area contributed by atoms with Gasteiger partial charge >= 0.3 is 0 Å². The van der Waals surface area contributed by atoms with Crippen molar-refractivity contribution in [2.75, 3.05) is 13.1 Å². The zero-order chi connectivity index (χ0) is 24.0. The highest BCUT2D eigenvalue weighted by atomic mass is 32.2. The Morgan fingerprint density at radius 2 is 1.71 bits per heavy atom. The molecule has 1 fully saturated rings. The van der Waals surface area contributed by atoms with Crippen LogP contribution in [-0.2, 0) is 16.6 Å². The fraction of sp³-hybridized carbons (Fsp3) is 0.346. The Kier molecular flexibility index (Phi) is 5.81. The van der Waals surface area contributed by atoms with Gasteiger partial charge < -0.3 is 9.09 Å². The van der Waals surface area contributed by atoms with Gasteiger partial charge in [0.1, 0.15) is 16.4 Å². The molecule has 1 saturated heterocycles. The summed E-state index contributed by atoms with van der Waals surface area (Å²) in [6.07, 6.45) is 1.49. The van der Waals surface area contributed by atoms with Crippen molar-refractivity contribution in [1.29, 1.82) is 0 Å². The second-order valence-corrected chi connectivity index (χ2v) is 10.9. The SMILES string of the molecule is Cc1noc(C)c1S(=O)(=O)N1CCC(c2c(C)n(Cc3ccc(F)cc3)c3ccccc23)CC1. The van der Waals surface area contributed by atoms with Crippen molar-refractivity contribution in [2.45, 2.75) is 51.0 Å². The highest BCUT2D eigenvalue weighted by molar-refractivity contribution is 7.89. The van der Waals surface area contributed by atoms with Crippen LogP contribution >= 0.6 is 0 Å². The number of para-hydroxylation sites is 1. The molecule has 8 heteroatoms. The van der Waals surface area contributed by atoms with Crippen LogP contribution in [0.25, 0.3) is 10.9 Å². The minimum atomic E-state index is -3.64. The number of piperidine rings is 1. The van der Waals surface area contributed by atoms with E-state index in [9.17, 15) is 12.8 Å². The van der Waals surface area contributed by atoms with Crippen molar-refractivity contribution in [1.82, 2.24) is 14.0 Å². The quantitative estimate of drug-likeness (QED) is 0.387. The zero-order valence-electron chi connectivity index (χ0n) is 19.6. The summed E-state index contributed by atoms with van der Waals surface area (Å²) in [5.74, 6) is 0.353. The average Bonchev–Trinajstić information content (AvgIpc) is 3.31. The summed E-state index contributed by atoms with van der Waals surface area (Å²) in [4.78, 5) is 0.193. The van der Waals surface area contributed by atoms with Crippen molar-refractivity contribution in [3.63, 3.8) is 0 Å². The Morgan fingerprint density at radius 3 is 2.35 bits per heavy atom. The summed E-state index contributed by atoms with van der Waals surface area (Å²) in [6, 6.07) is 15.0. The maximum atomic E-state index is 13.4. The van der Waals surface area contributed by atoms with E-state index in [-0.39, 0.29) is 16.6 Å². The first-order valence-corrected chi connectivity index (χ1v) is 13.0. The maximum absolute atomic E-state index is 13.4. The summed E-state index contributed by atoms with van der Waals surface area (Å²) in [6.45, 7) is 6.99. The standard InChI is InChI=1S/C26H28FN3O3S/c1-17-26(19(3)33-28-17)34(31,32)29-14-12-21(13-15-29)25-18(2)30(24-7-5-4-6-23(24)25)16-20-8-10-22(27)11-9-20/h4-11,21H,12-16H2,1-3H3. The molecule has 0 atom stereocenters. The molecule has 0 saturated carbocycles. The number of sulfonamides is 1. The van der Waals surface area contributed by atoms with Crippen LogP contribution < -0.4 is 0 Å². The van der Waals surface area contributed by atoms with Crippen LogP contribution in [0.3, 0.4) is 0 Å². The molecule has 0 amide bonds. The van der Waals surface area contributed by atoms with E-state index in [0.717, 1.165) is 23.9 Å². The lowest BCUT2D eigenvalue weighted by Gasteiger charge is -2.31. The largest absolute Gasteiger partial charge is 0.360 e. The number of fused-ring (bicyclic) bond motifs is 1. The second-order valence-electron chi connectivity index (χ2n) is 9.06. The van der Waals surface area contributed by atoms with Gasteiger partial charge in [-0.05, 0) is 68.9 Å². The summed E-state index contributed by atoms with van der Waals surface area (Å²) in [7, 11) is -3.64. The number of hydrogen-bond acceptors (Lipinski definition) is 4. The van der Waals surface area contributed by atoms with Crippen molar-refractivity contribution >= 4 is 20.9 Å². The molecule has 0 spiro atoms. The number of aromatic nitrogens is 2. The van der Waals surface area contributed by atoms with Crippen LogP contribution in [0.5, 0.6) is 0 Å². The van der Waals surface area contributed by atoms with E-state index in [4.69, 9.17) is 4.52 Å². The molecule has 1 aliphatic heterocycles. The van der Waals surface area contributed by atoms with E-state index in [0.29, 0.717) is 31.1 Å². The highest BCUT2D eigenvalue weighted by Crippen LogP contribution is 2.39. The van der Waals surface area contributed by atoms with E-state index in [1.54, 1.807) is 18.2 Å². The summed E-state index contributed by atoms with van der Waals surface area (Å²) >= 11 is 0. The minimum Gasteiger partial charge on any atom is -0.360 e. The molecule has 178 valence electrons. The van der Waals surface area contributed by atoms with Crippen LogP contribution in [0.2, 0.25) is 0 Å². The molecule has 0 bridgehead atoms. The maximum Gasteiger partial charge on any atom is 0.248 e. The third-order valence-corrected chi connectivity index (χ3v) is 9.11. The van der Waals surface area contributed by atoms with Gasteiger partial charge in [0.05, 0.1) is 0 Å². The topological polar surface area (TPSA) is 68.3 Å². The molecule has 0 radical (unpaired) electrons. The van der Waals surface area contributed by atoms with E-state index in [1.165, 1.54) is 28.8 Å². The summed E-state index contributed by atoms with van der Waals surface area (Å²) in [5, 5.41) is 5.03. The van der Waals surface area contributed by atoms with Crippen LogP contribution in [0.15, 0.2) is 57.9 Å². The Balaban J connectivity index is 1.44. The second kappa shape index (κ2) is 8.67. The van der Waals surface area contributed by atoms with Crippen LogP contribution in [0.1, 0.15) is 47.0 Å². The summed E-state index contributed by atoms with van der Waals surface area (Å²) in [5.41, 5.74) is 5.05. The Morgan fingerprint density at radius 1 is 1.03 bits per heavy atom. The number of aryl methyl sites for hydroxylation is 2. The molecule has 2 aromatic heterocycles. The predicted octanol–water partition coefficient (Wildman–Crippen LogP) is 5.31. The van der Waals surface area contributed by atoms with Crippen molar-refractivity contribution in [3.8, 4) is 0 Å². The molecule has 5 rings (SSSR count). The van der Waals surface area contributed by atoms with Crippen LogP contribution in [-0.4, -0.2) is 35.5 Å². The summed E-state index contributed by atoms with van der Waals surface area (Å²) < 4.78 is 48.8. The third-order valence-electron chi connectivity index (χ3n) is 6.96. The van der Waals surface area contributed by atoms with Gasteiger partial charge in [-0.25, -0.2) is 12.8 Å². The number of rotatable bonds is 5. The molecule has 6 nitrogen and oxygen atoms in total. The normalized spacial score (nSPS) is 15.9. The first-order chi connectivity index (χ1) is 16.3. The molecular formula is C26H28FN3O3S. The van der Waals surface area contributed by atoms with E-state index in [1.807, 2.05) is 24.3 Å². The van der Waals surface area contributed by atoms with Gasteiger partial charge in [0.25, 0.3) is 0 Å². The van der Waals surface area contributed by atoms with Crippen molar-refractivity contribution in [3.05, 3.63) is 82.6 Å². The van der Waals surface area contributed by atoms with E-state index >= 15 is 0 Å². The van der Waals surface area contributed by atoms with Crippen LogP contribution in [0.4, 0.5) is 4.39 Å². The molecule has 4 aromatic rings. The Bertz CT molecular complexity index is 1430. The van der Waals surface area contributed by atoms with Gasteiger partial charge in [-0.15, -0.1) is 0 Å². The fourth-order valence-electron chi connectivity index (χ4n) is 5.31. The number of nitrogens with zero attached hydrogens (tertiary/aromatic N) is 3. The van der Waals surface area contributed by atoms with Crippen molar-refractivity contribution < 1.29 is 17.3 Å². The Hall–Kier alpha value is -2.97. The average molecular weight is 482 g/mol. The van der Waals surface area contributed by atoms with E-state index in [2.05, 4.69) is 28.8 Å². The molecule has 0 N–H and O–H groups in total. The fourth-order valence-corrected chi connectivity index (χ4v) is 7.07. The first kappa shape index (κ1) is 22.8. The highest BCUT2D eigenvalue weighted by Gasteiger charge is 2.35.